The van der Waals surface area contributed by atoms with Gasteiger partial charge in [0.15, 0.2) is 0 Å². The first kappa shape index (κ1) is 17.2. The minimum absolute atomic E-state index is 0. The molecular formula is C13H17BrClNO4. The molecule has 0 bridgehead atoms. The van der Waals surface area contributed by atoms with Crippen molar-refractivity contribution < 1.29 is 19.7 Å². The Labute approximate surface area is 131 Å². The molecule has 2 rings (SSSR count). The lowest BCUT2D eigenvalue weighted by Gasteiger charge is -2.29. The first-order chi connectivity index (χ1) is 9.02. The van der Waals surface area contributed by atoms with Crippen molar-refractivity contribution in [2.45, 2.75) is 18.9 Å². The van der Waals surface area contributed by atoms with Crippen LogP contribution < -0.4 is 5.73 Å². The Morgan fingerprint density at radius 2 is 2.00 bits per heavy atom. The highest BCUT2D eigenvalue weighted by molar-refractivity contribution is 9.10. The zero-order valence-electron chi connectivity index (χ0n) is 10.7. The van der Waals surface area contributed by atoms with Crippen LogP contribution in [0, 0.1) is 5.92 Å². The molecule has 1 aromatic carbocycles. The van der Waals surface area contributed by atoms with E-state index in [1.807, 2.05) is 0 Å². The monoisotopic (exact) mass is 365 g/mol. The van der Waals surface area contributed by atoms with Gasteiger partial charge in [0.05, 0.1) is 0 Å². The molecule has 112 valence electrons. The number of phenols is 1. The summed E-state index contributed by atoms with van der Waals surface area (Å²) in [5.41, 5.74) is 6.54. The normalized spacial score (nSPS) is 17.3. The van der Waals surface area contributed by atoms with Crippen LogP contribution in [0.4, 0.5) is 0 Å². The molecule has 0 saturated carbocycles. The number of halogens is 2. The molecule has 0 aromatic heterocycles. The van der Waals surface area contributed by atoms with E-state index in [2.05, 4.69) is 15.9 Å². The van der Waals surface area contributed by atoms with Gasteiger partial charge in [0.1, 0.15) is 11.3 Å². The highest BCUT2D eigenvalue weighted by Crippen LogP contribution is 2.39. The number of benzene rings is 1. The molecule has 7 heteroatoms. The number of aromatic carboxylic acids is 1. The predicted octanol–water partition coefficient (Wildman–Crippen LogP) is 2.70. The summed E-state index contributed by atoms with van der Waals surface area (Å²) in [6, 6.07) is 2.57. The van der Waals surface area contributed by atoms with Gasteiger partial charge in [0, 0.05) is 29.3 Å². The number of carboxylic acid groups (broad SMARTS) is 1. The van der Waals surface area contributed by atoms with Gasteiger partial charge in [-0.3, -0.25) is 0 Å². The van der Waals surface area contributed by atoms with Gasteiger partial charge in [-0.25, -0.2) is 4.79 Å². The molecule has 0 amide bonds. The minimum Gasteiger partial charge on any atom is -0.507 e. The molecule has 1 aliphatic heterocycles. The SMILES string of the molecule is Cl.N[C@H](c1c(Br)ccc(C(=O)O)c1O)C1CCOCC1. The predicted molar refractivity (Wildman–Crippen MR) is 80.5 cm³/mol. The third-order valence-electron chi connectivity index (χ3n) is 3.50. The summed E-state index contributed by atoms with van der Waals surface area (Å²) in [7, 11) is 0. The number of rotatable bonds is 3. The standard InChI is InChI=1S/C13H16BrNO4.ClH/c14-9-2-1-8(13(17)18)12(16)10(9)11(15)7-3-5-19-6-4-7;/h1-2,7,11,16H,3-6,15H2,(H,17,18);1H/t11-;/m0./s1. The topological polar surface area (TPSA) is 92.8 Å². The first-order valence-electron chi connectivity index (χ1n) is 6.10. The van der Waals surface area contributed by atoms with Crippen molar-refractivity contribution in [2.24, 2.45) is 11.7 Å². The van der Waals surface area contributed by atoms with Gasteiger partial charge in [0.25, 0.3) is 0 Å². The number of aromatic hydroxyl groups is 1. The van der Waals surface area contributed by atoms with Crippen LogP contribution >= 0.6 is 28.3 Å². The lowest BCUT2D eigenvalue weighted by Crippen LogP contribution is -2.28. The van der Waals surface area contributed by atoms with E-state index in [4.69, 9.17) is 15.6 Å². The Kier molecular flexibility index (Phi) is 6.26. The lowest BCUT2D eigenvalue weighted by molar-refractivity contribution is 0.0578. The van der Waals surface area contributed by atoms with Crippen LogP contribution in [0.1, 0.15) is 34.8 Å². The number of hydrogen-bond acceptors (Lipinski definition) is 4. The summed E-state index contributed by atoms with van der Waals surface area (Å²) < 4.78 is 5.92. The highest BCUT2D eigenvalue weighted by atomic mass is 79.9. The van der Waals surface area contributed by atoms with E-state index in [-0.39, 0.29) is 29.6 Å². The van der Waals surface area contributed by atoms with Gasteiger partial charge in [0.2, 0.25) is 0 Å². The van der Waals surface area contributed by atoms with Gasteiger partial charge < -0.3 is 20.7 Å². The Morgan fingerprint density at radius 3 is 2.55 bits per heavy atom. The van der Waals surface area contributed by atoms with E-state index in [1.54, 1.807) is 6.07 Å². The van der Waals surface area contributed by atoms with Crippen molar-refractivity contribution in [1.82, 2.24) is 0 Å². The van der Waals surface area contributed by atoms with Crippen LogP contribution in [-0.4, -0.2) is 29.4 Å². The van der Waals surface area contributed by atoms with Crippen molar-refractivity contribution in [2.75, 3.05) is 13.2 Å². The van der Waals surface area contributed by atoms with E-state index in [0.717, 1.165) is 12.8 Å². The second kappa shape index (κ2) is 7.26. The molecule has 0 unspecified atom stereocenters. The minimum atomic E-state index is -1.16. The summed E-state index contributed by atoms with van der Waals surface area (Å²) in [5, 5.41) is 19.2. The third kappa shape index (κ3) is 3.44. The van der Waals surface area contributed by atoms with Crippen molar-refractivity contribution in [1.29, 1.82) is 0 Å². The maximum absolute atomic E-state index is 11.0. The summed E-state index contributed by atoms with van der Waals surface area (Å²) in [6.07, 6.45) is 1.62. The maximum atomic E-state index is 11.0. The number of hydrogen-bond donors (Lipinski definition) is 3. The van der Waals surface area contributed by atoms with Gasteiger partial charge >= 0.3 is 5.97 Å². The fraction of sp³-hybridized carbons (Fsp3) is 0.462. The molecule has 0 spiro atoms. The molecule has 5 nitrogen and oxygen atoms in total. The smallest absolute Gasteiger partial charge is 0.339 e. The summed E-state index contributed by atoms with van der Waals surface area (Å²) in [5.74, 6) is -1.23. The van der Waals surface area contributed by atoms with Crippen molar-refractivity contribution >= 4 is 34.3 Å². The fourth-order valence-corrected chi connectivity index (χ4v) is 2.97. The molecule has 1 heterocycles. The maximum Gasteiger partial charge on any atom is 0.339 e. The largest absolute Gasteiger partial charge is 0.507 e. The van der Waals surface area contributed by atoms with E-state index in [9.17, 15) is 9.90 Å². The molecule has 0 radical (unpaired) electrons. The molecular weight excluding hydrogens is 350 g/mol. The first-order valence-corrected chi connectivity index (χ1v) is 6.89. The van der Waals surface area contributed by atoms with Crippen molar-refractivity contribution in [3.8, 4) is 5.75 Å². The van der Waals surface area contributed by atoms with Crippen LogP contribution in [0.15, 0.2) is 16.6 Å². The van der Waals surface area contributed by atoms with Crippen LogP contribution in [-0.2, 0) is 4.74 Å². The molecule has 1 atom stereocenters. The Bertz CT molecular complexity index is 492. The van der Waals surface area contributed by atoms with Crippen LogP contribution in [0.25, 0.3) is 0 Å². The Morgan fingerprint density at radius 1 is 1.40 bits per heavy atom. The zero-order chi connectivity index (χ0) is 14.0. The summed E-state index contributed by atoms with van der Waals surface area (Å²) in [6.45, 7) is 1.30. The molecule has 0 aliphatic carbocycles. The van der Waals surface area contributed by atoms with E-state index < -0.39 is 12.0 Å². The molecule has 1 aliphatic rings. The van der Waals surface area contributed by atoms with Crippen molar-refractivity contribution in [3.05, 3.63) is 27.7 Å². The molecule has 1 fully saturated rings. The number of carboxylic acids is 1. The molecule has 4 N–H and O–H groups in total. The Balaban J connectivity index is 0.00000200. The van der Waals surface area contributed by atoms with Crippen LogP contribution in [0.2, 0.25) is 0 Å². The Hall–Kier alpha value is -0.820. The third-order valence-corrected chi connectivity index (χ3v) is 4.19. The summed E-state index contributed by atoms with van der Waals surface area (Å²) >= 11 is 3.33. The fourth-order valence-electron chi connectivity index (χ4n) is 2.38. The van der Waals surface area contributed by atoms with E-state index in [1.165, 1.54) is 6.07 Å². The molecule has 20 heavy (non-hydrogen) atoms. The summed E-state index contributed by atoms with van der Waals surface area (Å²) in [4.78, 5) is 11.0. The van der Waals surface area contributed by atoms with E-state index >= 15 is 0 Å². The second-order valence-electron chi connectivity index (χ2n) is 4.64. The lowest BCUT2D eigenvalue weighted by atomic mass is 9.86. The zero-order valence-corrected chi connectivity index (χ0v) is 13.1. The van der Waals surface area contributed by atoms with E-state index in [0.29, 0.717) is 23.2 Å². The number of ether oxygens (including phenoxy) is 1. The highest BCUT2D eigenvalue weighted by Gasteiger charge is 2.28. The van der Waals surface area contributed by atoms with Gasteiger partial charge in [-0.2, -0.15) is 0 Å². The van der Waals surface area contributed by atoms with Gasteiger partial charge in [-0.05, 0) is 30.9 Å². The van der Waals surface area contributed by atoms with Crippen molar-refractivity contribution in [3.63, 3.8) is 0 Å². The van der Waals surface area contributed by atoms with Crippen LogP contribution in [0.5, 0.6) is 5.75 Å². The number of carbonyl (C=O) groups is 1. The average molecular weight is 367 g/mol. The van der Waals surface area contributed by atoms with Crippen LogP contribution in [0.3, 0.4) is 0 Å². The second-order valence-corrected chi connectivity index (χ2v) is 5.49. The number of nitrogens with two attached hydrogens (primary N) is 1. The molecule has 1 aromatic rings. The molecule has 1 saturated heterocycles. The van der Waals surface area contributed by atoms with Gasteiger partial charge in [-0.15, -0.1) is 12.4 Å². The average Bonchev–Trinajstić information content (AvgIpc) is 2.39. The quantitative estimate of drug-likeness (QED) is 0.765. The van der Waals surface area contributed by atoms with Gasteiger partial charge in [-0.1, -0.05) is 15.9 Å².